The topological polar surface area (TPSA) is 60.9 Å². The Morgan fingerprint density at radius 2 is 1.73 bits per heavy atom. The summed E-state index contributed by atoms with van der Waals surface area (Å²) >= 11 is 0. The van der Waals surface area contributed by atoms with Crippen molar-refractivity contribution in [2.75, 3.05) is 26.7 Å². The number of carboxylic acid groups (broad SMARTS) is 1. The fourth-order valence-corrected chi connectivity index (χ4v) is 5.59. The highest BCUT2D eigenvalue weighted by atomic mass is 16.4. The van der Waals surface area contributed by atoms with Gasteiger partial charge in [0.2, 0.25) is 0 Å². The molecule has 1 N–H and O–H groups in total. The standard InChI is InChI=1S/C27H35N3O3/c1-5-29(27(32)33)25-16-19(2)30(4,20(3)31)26-13-12-23(17-24(25)26)22-10-8-21(9-11-22)18-28-14-6-7-15-28/h8-13,17,19,25H,5-7,14-16,18H2,1-4H3/p+1/t19-,25?,30+/m0/s1. The average Bonchev–Trinajstić information content (AvgIpc) is 3.30. The van der Waals surface area contributed by atoms with Crippen LogP contribution in [0.1, 0.15) is 57.2 Å². The molecule has 2 amide bonds. The minimum Gasteiger partial charge on any atom is -0.465 e. The van der Waals surface area contributed by atoms with E-state index in [2.05, 4.69) is 41.3 Å². The second-order valence-corrected chi connectivity index (χ2v) is 9.72. The van der Waals surface area contributed by atoms with Gasteiger partial charge in [-0.05, 0) is 68.6 Å². The van der Waals surface area contributed by atoms with E-state index in [4.69, 9.17) is 0 Å². The first kappa shape index (κ1) is 23.5. The molecular formula is C27H36N3O3+. The van der Waals surface area contributed by atoms with E-state index in [-0.39, 0.29) is 22.5 Å². The number of rotatable bonds is 5. The molecule has 1 unspecified atom stereocenters. The number of amides is 2. The molecule has 0 spiro atoms. The molecule has 3 atom stereocenters. The number of likely N-dealkylation sites (tertiary alicyclic amines) is 1. The normalized spacial score (nSPS) is 25.0. The van der Waals surface area contributed by atoms with Crippen LogP contribution in [0.4, 0.5) is 10.5 Å². The summed E-state index contributed by atoms with van der Waals surface area (Å²) in [6, 6.07) is 14.6. The molecule has 1 saturated heterocycles. The van der Waals surface area contributed by atoms with Crippen LogP contribution in [-0.2, 0) is 11.3 Å². The lowest BCUT2D eigenvalue weighted by atomic mass is 9.86. The van der Waals surface area contributed by atoms with Crippen LogP contribution in [0.3, 0.4) is 0 Å². The zero-order valence-electron chi connectivity index (χ0n) is 20.3. The van der Waals surface area contributed by atoms with Gasteiger partial charge in [0.15, 0.2) is 0 Å². The van der Waals surface area contributed by atoms with Gasteiger partial charge in [-0.1, -0.05) is 24.3 Å². The van der Waals surface area contributed by atoms with Gasteiger partial charge >= 0.3 is 12.0 Å². The van der Waals surface area contributed by atoms with Gasteiger partial charge < -0.3 is 10.0 Å². The van der Waals surface area contributed by atoms with Crippen LogP contribution in [0.15, 0.2) is 42.5 Å². The van der Waals surface area contributed by atoms with E-state index < -0.39 is 6.09 Å². The second kappa shape index (κ2) is 9.27. The van der Waals surface area contributed by atoms with Crippen LogP contribution in [0.25, 0.3) is 11.1 Å². The van der Waals surface area contributed by atoms with Gasteiger partial charge in [0, 0.05) is 31.1 Å². The molecule has 0 aliphatic carbocycles. The summed E-state index contributed by atoms with van der Waals surface area (Å²) in [4.78, 5) is 28.8. The van der Waals surface area contributed by atoms with Gasteiger partial charge in [-0.3, -0.25) is 4.90 Å². The maximum atomic E-state index is 12.7. The van der Waals surface area contributed by atoms with E-state index in [0.29, 0.717) is 13.0 Å². The van der Waals surface area contributed by atoms with Crippen LogP contribution >= 0.6 is 0 Å². The van der Waals surface area contributed by atoms with Crippen molar-refractivity contribution in [2.24, 2.45) is 0 Å². The van der Waals surface area contributed by atoms with Crippen LogP contribution in [0, 0.1) is 0 Å². The van der Waals surface area contributed by atoms with E-state index >= 15 is 0 Å². The molecule has 33 heavy (non-hydrogen) atoms. The Kier molecular flexibility index (Phi) is 6.59. The van der Waals surface area contributed by atoms with Crippen molar-refractivity contribution in [2.45, 2.75) is 58.7 Å². The molecule has 6 nitrogen and oxygen atoms in total. The third kappa shape index (κ3) is 4.30. The number of hydrogen-bond acceptors (Lipinski definition) is 3. The van der Waals surface area contributed by atoms with Gasteiger partial charge in [0.25, 0.3) is 0 Å². The molecule has 1 fully saturated rings. The molecule has 6 heteroatoms. The van der Waals surface area contributed by atoms with Crippen LogP contribution in [0.2, 0.25) is 0 Å². The smallest absolute Gasteiger partial charge is 0.407 e. The lowest BCUT2D eigenvalue weighted by Crippen LogP contribution is -2.60. The maximum absolute atomic E-state index is 12.7. The van der Waals surface area contributed by atoms with Crippen molar-refractivity contribution < 1.29 is 14.7 Å². The molecule has 176 valence electrons. The summed E-state index contributed by atoms with van der Waals surface area (Å²) in [5, 5.41) is 9.86. The highest BCUT2D eigenvalue weighted by Crippen LogP contribution is 2.45. The molecule has 2 aliphatic heterocycles. The zero-order chi connectivity index (χ0) is 23.8. The van der Waals surface area contributed by atoms with E-state index in [1.54, 1.807) is 6.92 Å². The van der Waals surface area contributed by atoms with E-state index in [1.165, 1.54) is 36.4 Å². The van der Waals surface area contributed by atoms with Crippen molar-refractivity contribution in [3.8, 4) is 11.1 Å². The van der Waals surface area contributed by atoms with E-state index in [9.17, 15) is 14.7 Å². The molecule has 0 radical (unpaired) electrons. The summed E-state index contributed by atoms with van der Waals surface area (Å²) in [6.45, 7) is 9.29. The Balaban J connectivity index is 1.72. The average molecular weight is 451 g/mol. The van der Waals surface area contributed by atoms with Crippen molar-refractivity contribution in [3.05, 3.63) is 53.6 Å². The first-order valence-corrected chi connectivity index (χ1v) is 12.1. The molecule has 0 aromatic heterocycles. The Morgan fingerprint density at radius 3 is 2.30 bits per heavy atom. The third-order valence-corrected chi connectivity index (χ3v) is 7.84. The SMILES string of the molecule is CCN(C(=O)O)C1C[C@H](C)[N@+](C)(C(C)=O)c2ccc(-c3ccc(CN4CCCC4)cc3)cc21. The largest absolute Gasteiger partial charge is 0.465 e. The monoisotopic (exact) mass is 450 g/mol. The minimum atomic E-state index is -0.920. The number of carbonyl (C=O) groups excluding carboxylic acids is 1. The molecule has 2 heterocycles. The predicted octanol–water partition coefficient (Wildman–Crippen LogP) is 5.27. The van der Waals surface area contributed by atoms with E-state index in [1.807, 2.05) is 27.0 Å². The quantitative estimate of drug-likeness (QED) is 0.631. The fourth-order valence-electron chi connectivity index (χ4n) is 5.59. The predicted molar refractivity (Wildman–Crippen MR) is 132 cm³/mol. The highest BCUT2D eigenvalue weighted by Gasteiger charge is 2.47. The lowest BCUT2D eigenvalue weighted by Gasteiger charge is -2.45. The lowest BCUT2D eigenvalue weighted by molar-refractivity contribution is -0.129. The zero-order valence-corrected chi connectivity index (χ0v) is 20.3. The molecule has 0 saturated carbocycles. The van der Waals surface area contributed by atoms with Gasteiger partial charge in [-0.25, -0.2) is 14.1 Å². The summed E-state index contributed by atoms with van der Waals surface area (Å²) in [6.07, 6.45) is 2.27. The third-order valence-electron chi connectivity index (χ3n) is 7.84. The van der Waals surface area contributed by atoms with Crippen LogP contribution in [0.5, 0.6) is 0 Å². The number of quaternary nitrogens is 1. The molecule has 2 aliphatic rings. The summed E-state index contributed by atoms with van der Waals surface area (Å²) < 4.78 is 0.193. The second-order valence-electron chi connectivity index (χ2n) is 9.72. The Hall–Kier alpha value is -2.70. The van der Waals surface area contributed by atoms with Crippen LogP contribution in [-0.4, -0.2) is 59.6 Å². The molecule has 2 aromatic carbocycles. The van der Waals surface area contributed by atoms with Gasteiger partial charge in [0.1, 0.15) is 5.69 Å². The highest BCUT2D eigenvalue weighted by molar-refractivity contribution is 5.89. The van der Waals surface area contributed by atoms with Crippen molar-refractivity contribution in [3.63, 3.8) is 0 Å². The van der Waals surface area contributed by atoms with Crippen LogP contribution < -0.4 is 4.48 Å². The Bertz CT molecular complexity index is 1030. The Morgan fingerprint density at radius 1 is 1.09 bits per heavy atom. The van der Waals surface area contributed by atoms with Gasteiger partial charge in [0.05, 0.1) is 26.1 Å². The number of carbonyl (C=O) groups is 2. The number of nitrogens with zero attached hydrogens (tertiary/aromatic N) is 3. The van der Waals surface area contributed by atoms with Crippen molar-refractivity contribution in [1.82, 2.24) is 14.3 Å². The summed E-state index contributed by atoms with van der Waals surface area (Å²) in [5.41, 5.74) is 5.32. The molecular weight excluding hydrogens is 414 g/mol. The van der Waals surface area contributed by atoms with Crippen molar-refractivity contribution >= 4 is 17.7 Å². The summed E-state index contributed by atoms with van der Waals surface area (Å²) in [7, 11) is 1.95. The first-order valence-electron chi connectivity index (χ1n) is 12.1. The summed E-state index contributed by atoms with van der Waals surface area (Å²) in [5.74, 6) is 0.0691. The number of hydrogen-bond donors (Lipinski definition) is 1. The minimum absolute atomic E-state index is 0.0101. The fraction of sp³-hybridized carbons (Fsp3) is 0.481. The Labute approximate surface area is 197 Å². The van der Waals surface area contributed by atoms with E-state index in [0.717, 1.165) is 28.9 Å². The first-order chi connectivity index (χ1) is 15.8. The number of benzene rings is 2. The maximum Gasteiger partial charge on any atom is 0.407 e. The number of fused-ring (bicyclic) bond motifs is 1. The van der Waals surface area contributed by atoms with Gasteiger partial charge in [-0.2, -0.15) is 0 Å². The van der Waals surface area contributed by atoms with Crippen molar-refractivity contribution in [1.29, 1.82) is 0 Å². The van der Waals surface area contributed by atoms with Gasteiger partial charge in [-0.15, -0.1) is 0 Å². The molecule has 2 aromatic rings. The molecule has 4 rings (SSSR count). The molecule has 0 bridgehead atoms.